The van der Waals surface area contributed by atoms with Gasteiger partial charge in [0.05, 0.1) is 18.5 Å². The third-order valence-electron chi connectivity index (χ3n) is 4.65. The number of amides is 1. The topological polar surface area (TPSA) is 95.3 Å². The van der Waals surface area contributed by atoms with Crippen molar-refractivity contribution in [3.63, 3.8) is 0 Å². The minimum atomic E-state index is -0.139. The van der Waals surface area contributed by atoms with Crippen LogP contribution in [0.4, 0.5) is 5.82 Å². The van der Waals surface area contributed by atoms with Crippen molar-refractivity contribution in [2.24, 2.45) is 5.92 Å². The Kier molecular flexibility index (Phi) is 6.01. The summed E-state index contributed by atoms with van der Waals surface area (Å²) in [5.74, 6) is 0.279. The number of rotatable bonds is 6. The third-order valence-corrected chi connectivity index (χ3v) is 4.65. The molecule has 0 fully saturated rings. The SMILES string of the molecule is CCC(C)C(=O)Nc1ncc(-c2ccc(CO)cc2)nc1-c1ccc(O)cc1. The Bertz CT molecular complexity index is 954. The van der Waals surface area contributed by atoms with Gasteiger partial charge in [0.1, 0.15) is 11.4 Å². The first-order valence-electron chi connectivity index (χ1n) is 9.19. The average Bonchev–Trinajstić information content (AvgIpc) is 2.74. The molecule has 144 valence electrons. The average molecular weight is 377 g/mol. The number of phenolic OH excluding ortho intramolecular Hbond substituents is 1. The normalized spacial score (nSPS) is 11.8. The van der Waals surface area contributed by atoms with E-state index in [1.807, 2.05) is 38.1 Å². The Morgan fingerprint density at radius 3 is 2.32 bits per heavy atom. The largest absolute Gasteiger partial charge is 0.508 e. The molecule has 3 rings (SSSR count). The quantitative estimate of drug-likeness (QED) is 0.604. The predicted octanol–water partition coefficient (Wildman–Crippen LogP) is 3.99. The number of anilines is 1. The highest BCUT2D eigenvalue weighted by Gasteiger charge is 2.17. The van der Waals surface area contributed by atoms with Gasteiger partial charge in [0.2, 0.25) is 5.91 Å². The zero-order chi connectivity index (χ0) is 20.1. The summed E-state index contributed by atoms with van der Waals surface area (Å²) in [6, 6.07) is 14.0. The number of carbonyl (C=O) groups excluding carboxylic acids is 1. The van der Waals surface area contributed by atoms with E-state index in [1.54, 1.807) is 30.5 Å². The molecule has 3 N–H and O–H groups in total. The van der Waals surface area contributed by atoms with Gasteiger partial charge in [-0.3, -0.25) is 4.79 Å². The molecule has 0 bridgehead atoms. The molecule has 6 nitrogen and oxygen atoms in total. The molecule has 28 heavy (non-hydrogen) atoms. The maximum absolute atomic E-state index is 12.4. The Labute approximate surface area is 163 Å². The summed E-state index contributed by atoms with van der Waals surface area (Å²) in [6.45, 7) is 3.79. The van der Waals surface area contributed by atoms with Crippen molar-refractivity contribution >= 4 is 11.7 Å². The highest BCUT2D eigenvalue weighted by atomic mass is 16.3. The van der Waals surface area contributed by atoms with Crippen LogP contribution in [0.5, 0.6) is 5.75 Å². The van der Waals surface area contributed by atoms with Crippen molar-refractivity contribution in [2.45, 2.75) is 26.9 Å². The van der Waals surface area contributed by atoms with E-state index < -0.39 is 0 Å². The molecule has 0 aliphatic carbocycles. The first kappa shape index (κ1) is 19.5. The molecule has 1 amide bonds. The molecule has 3 aromatic rings. The van der Waals surface area contributed by atoms with Crippen molar-refractivity contribution in [3.05, 3.63) is 60.3 Å². The van der Waals surface area contributed by atoms with Crippen LogP contribution in [0.3, 0.4) is 0 Å². The maximum atomic E-state index is 12.4. The van der Waals surface area contributed by atoms with Gasteiger partial charge in [0, 0.05) is 17.0 Å². The monoisotopic (exact) mass is 377 g/mol. The zero-order valence-electron chi connectivity index (χ0n) is 15.9. The number of nitrogens with zero attached hydrogens (tertiary/aromatic N) is 2. The number of nitrogens with one attached hydrogen (secondary N) is 1. The van der Waals surface area contributed by atoms with E-state index in [1.165, 1.54) is 0 Å². The summed E-state index contributed by atoms with van der Waals surface area (Å²) in [4.78, 5) is 21.5. The number of hydrogen-bond acceptors (Lipinski definition) is 5. The summed E-state index contributed by atoms with van der Waals surface area (Å²) in [6.07, 6.45) is 2.34. The van der Waals surface area contributed by atoms with Gasteiger partial charge < -0.3 is 15.5 Å². The number of phenols is 1. The number of aromatic hydroxyl groups is 1. The van der Waals surface area contributed by atoms with E-state index in [9.17, 15) is 15.0 Å². The van der Waals surface area contributed by atoms with Crippen LogP contribution in [0, 0.1) is 5.92 Å². The van der Waals surface area contributed by atoms with Crippen molar-refractivity contribution in [1.82, 2.24) is 9.97 Å². The first-order valence-corrected chi connectivity index (χ1v) is 9.19. The summed E-state index contributed by atoms with van der Waals surface area (Å²) in [7, 11) is 0. The molecule has 1 aromatic heterocycles. The van der Waals surface area contributed by atoms with Crippen LogP contribution < -0.4 is 5.32 Å². The molecule has 1 heterocycles. The van der Waals surface area contributed by atoms with E-state index in [2.05, 4.69) is 10.3 Å². The van der Waals surface area contributed by atoms with Crippen molar-refractivity contribution < 1.29 is 15.0 Å². The van der Waals surface area contributed by atoms with Crippen LogP contribution in [-0.4, -0.2) is 26.1 Å². The highest BCUT2D eigenvalue weighted by molar-refractivity contribution is 5.94. The van der Waals surface area contributed by atoms with Crippen LogP contribution in [0.2, 0.25) is 0 Å². The second-order valence-corrected chi connectivity index (χ2v) is 6.65. The predicted molar refractivity (Wildman–Crippen MR) is 109 cm³/mol. The first-order chi connectivity index (χ1) is 13.5. The lowest BCUT2D eigenvalue weighted by Crippen LogP contribution is -2.21. The van der Waals surface area contributed by atoms with Crippen LogP contribution in [0.15, 0.2) is 54.7 Å². The Morgan fingerprint density at radius 2 is 1.71 bits per heavy atom. The standard InChI is InChI=1S/C22H23N3O3/c1-3-14(2)22(28)25-21-20(17-8-10-18(27)11-9-17)24-19(12-23-21)16-6-4-15(13-26)5-7-16/h4-12,14,26-27H,3,13H2,1-2H3,(H,23,25,28). The van der Waals surface area contributed by atoms with Gasteiger partial charge in [0.25, 0.3) is 0 Å². The minimum Gasteiger partial charge on any atom is -0.508 e. The van der Waals surface area contributed by atoms with Gasteiger partial charge in [-0.05, 0) is 36.2 Å². The maximum Gasteiger partial charge on any atom is 0.228 e. The number of benzene rings is 2. The molecule has 1 unspecified atom stereocenters. The van der Waals surface area contributed by atoms with Gasteiger partial charge in [-0.15, -0.1) is 0 Å². The number of carbonyl (C=O) groups is 1. The molecular formula is C22H23N3O3. The van der Waals surface area contributed by atoms with E-state index in [0.29, 0.717) is 17.2 Å². The summed E-state index contributed by atoms with van der Waals surface area (Å²) >= 11 is 0. The molecule has 1 atom stereocenters. The Hall–Kier alpha value is -3.25. The third kappa shape index (κ3) is 4.35. The number of aliphatic hydroxyl groups excluding tert-OH is 1. The van der Waals surface area contributed by atoms with Crippen LogP contribution in [0.1, 0.15) is 25.8 Å². The van der Waals surface area contributed by atoms with Crippen LogP contribution in [-0.2, 0) is 11.4 Å². The fourth-order valence-corrected chi connectivity index (χ4v) is 2.65. The van der Waals surface area contributed by atoms with Gasteiger partial charge in [-0.25, -0.2) is 9.97 Å². The van der Waals surface area contributed by atoms with E-state index in [-0.39, 0.29) is 24.2 Å². The van der Waals surface area contributed by atoms with Gasteiger partial charge in [-0.2, -0.15) is 0 Å². The van der Waals surface area contributed by atoms with Crippen molar-refractivity contribution in [3.8, 4) is 28.3 Å². The second kappa shape index (κ2) is 8.63. The second-order valence-electron chi connectivity index (χ2n) is 6.65. The lowest BCUT2D eigenvalue weighted by atomic mass is 10.1. The molecule has 6 heteroatoms. The molecular weight excluding hydrogens is 354 g/mol. The van der Waals surface area contributed by atoms with E-state index >= 15 is 0 Å². The van der Waals surface area contributed by atoms with Crippen LogP contribution in [0.25, 0.3) is 22.5 Å². The highest BCUT2D eigenvalue weighted by Crippen LogP contribution is 2.29. The molecule has 0 aliphatic rings. The molecule has 2 aromatic carbocycles. The molecule has 0 radical (unpaired) electrons. The zero-order valence-corrected chi connectivity index (χ0v) is 15.9. The number of aromatic nitrogens is 2. The van der Waals surface area contributed by atoms with E-state index in [0.717, 1.165) is 23.1 Å². The molecule has 0 saturated carbocycles. The molecule has 0 spiro atoms. The lowest BCUT2D eigenvalue weighted by molar-refractivity contribution is -0.119. The van der Waals surface area contributed by atoms with Crippen LogP contribution >= 0.6 is 0 Å². The number of hydrogen-bond donors (Lipinski definition) is 3. The summed E-state index contributed by atoms with van der Waals surface area (Å²) < 4.78 is 0. The van der Waals surface area contributed by atoms with Crippen molar-refractivity contribution in [2.75, 3.05) is 5.32 Å². The Morgan fingerprint density at radius 1 is 1.07 bits per heavy atom. The molecule has 0 saturated heterocycles. The minimum absolute atomic E-state index is 0.0225. The van der Waals surface area contributed by atoms with Gasteiger partial charge in [0.15, 0.2) is 5.82 Å². The fourth-order valence-electron chi connectivity index (χ4n) is 2.65. The lowest BCUT2D eigenvalue weighted by Gasteiger charge is -2.14. The molecule has 0 aliphatic heterocycles. The van der Waals surface area contributed by atoms with Gasteiger partial charge >= 0.3 is 0 Å². The van der Waals surface area contributed by atoms with E-state index in [4.69, 9.17) is 4.98 Å². The summed E-state index contributed by atoms with van der Waals surface area (Å²) in [5, 5.41) is 21.7. The van der Waals surface area contributed by atoms with Crippen molar-refractivity contribution in [1.29, 1.82) is 0 Å². The number of aliphatic hydroxyl groups is 1. The fraction of sp³-hybridized carbons (Fsp3) is 0.227. The Balaban J connectivity index is 2.04. The smallest absolute Gasteiger partial charge is 0.228 e. The summed E-state index contributed by atoms with van der Waals surface area (Å²) in [5.41, 5.74) is 3.57. The van der Waals surface area contributed by atoms with Gasteiger partial charge in [-0.1, -0.05) is 38.1 Å².